The number of rotatable bonds is 3. The molecule has 0 aliphatic rings. The van der Waals surface area contributed by atoms with Gasteiger partial charge in [-0.05, 0) is 30.3 Å². The van der Waals surface area contributed by atoms with E-state index in [1.54, 1.807) is 6.07 Å². The lowest BCUT2D eigenvalue weighted by Gasteiger charge is -2.09. The summed E-state index contributed by atoms with van der Waals surface area (Å²) in [4.78, 5) is 0. The fourth-order valence-electron chi connectivity index (χ4n) is 2.12. The second-order valence-corrected chi connectivity index (χ2v) is 4.85. The Hall–Kier alpha value is -2.24. The first-order valence-corrected chi connectivity index (χ1v) is 6.73. The highest BCUT2D eigenvalue weighted by molar-refractivity contribution is 6.30. The van der Waals surface area contributed by atoms with Gasteiger partial charge in [-0.25, -0.2) is 4.39 Å². The summed E-state index contributed by atoms with van der Waals surface area (Å²) < 4.78 is 15.5. The van der Waals surface area contributed by atoms with Crippen LogP contribution in [-0.2, 0) is 6.54 Å². The van der Waals surface area contributed by atoms with Crippen LogP contribution in [0.3, 0.4) is 0 Å². The van der Waals surface area contributed by atoms with Gasteiger partial charge in [0.05, 0.1) is 11.6 Å². The number of hydrogen-bond acceptors (Lipinski definition) is 3. The van der Waals surface area contributed by atoms with E-state index in [2.05, 4.69) is 10.2 Å². The van der Waals surface area contributed by atoms with Gasteiger partial charge >= 0.3 is 0 Å². The average molecular weight is 303 g/mol. The summed E-state index contributed by atoms with van der Waals surface area (Å²) in [5.41, 5.74) is 7.17. The van der Waals surface area contributed by atoms with Gasteiger partial charge in [0.2, 0.25) is 0 Å². The molecule has 0 unspecified atom stereocenters. The van der Waals surface area contributed by atoms with Crippen LogP contribution in [0, 0.1) is 5.82 Å². The van der Waals surface area contributed by atoms with E-state index in [1.807, 2.05) is 34.9 Å². The number of aromatic nitrogens is 3. The van der Waals surface area contributed by atoms with E-state index in [1.165, 1.54) is 12.1 Å². The Morgan fingerprint density at radius 1 is 1.10 bits per heavy atom. The Morgan fingerprint density at radius 2 is 1.86 bits per heavy atom. The van der Waals surface area contributed by atoms with Gasteiger partial charge in [0.25, 0.3) is 0 Å². The van der Waals surface area contributed by atoms with Crippen LogP contribution in [0.4, 0.5) is 4.39 Å². The fraction of sp³-hybridized carbons (Fsp3) is 0.0667. The number of nitrogens with zero attached hydrogens (tertiary/aromatic N) is 3. The van der Waals surface area contributed by atoms with Gasteiger partial charge in [-0.3, -0.25) is 4.57 Å². The third kappa shape index (κ3) is 2.53. The molecule has 1 heterocycles. The van der Waals surface area contributed by atoms with Crippen LogP contribution in [0.15, 0.2) is 48.5 Å². The zero-order valence-corrected chi connectivity index (χ0v) is 11.8. The highest BCUT2D eigenvalue weighted by Crippen LogP contribution is 2.26. The summed E-state index contributed by atoms with van der Waals surface area (Å²) >= 11 is 5.72. The molecule has 0 fully saturated rings. The van der Waals surface area contributed by atoms with Crippen molar-refractivity contribution in [1.82, 2.24) is 14.8 Å². The molecule has 6 heteroatoms. The standard InChI is InChI=1S/C15H12ClFN4/c16-12-7-6-10(8-13(12)17)15-20-19-14(9-18)21(15)11-4-2-1-3-5-11/h1-8H,9,18H2. The smallest absolute Gasteiger partial charge is 0.168 e. The van der Waals surface area contributed by atoms with E-state index >= 15 is 0 Å². The molecule has 106 valence electrons. The molecule has 0 saturated carbocycles. The van der Waals surface area contributed by atoms with E-state index in [0.29, 0.717) is 17.2 Å². The normalized spacial score (nSPS) is 10.8. The molecule has 0 amide bonds. The van der Waals surface area contributed by atoms with E-state index in [9.17, 15) is 4.39 Å². The lowest BCUT2D eigenvalue weighted by Crippen LogP contribution is -2.07. The largest absolute Gasteiger partial charge is 0.324 e. The maximum Gasteiger partial charge on any atom is 0.168 e. The quantitative estimate of drug-likeness (QED) is 0.808. The van der Waals surface area contributed by atoms with Crippen LogP contribution in [0.1, 0.15) is 5.82 Å². The van der Waals surface area contributed by atoms with Crippen molar-refractivity contribution in [3.05, 3.63) is 65.2 Å². The highest BCUT2D eigenvalue weighted by atomic mass is 35.5. The minimum Gasteiger partial charge on any atom is -0.324 e. The van der Waals surface area contributed by atoms with Crippen LogP contribution < -0.4 is 5.73 Å². The predicted molar refractivity (Wildman–Crippen MR) is 79.7 cm³/mol. The summed E-state index contributed by atoms with van der Waals surface area (Å²) in [7, 11) is 0. The Morgan fingerprint density at radius 3 is 2.52 bits per heavy atom. The maximum atomic E-state index is 13.7. The second-order valence-electron chi connectivity index (χ2n) is 4.44. The monoisotopic (exact) mass is 302 g/mol. The molecule has 3 rings (SSSR count). The van der Waals surface area contributed by atoms with Crippen molar-refractivity contribution in [3.8, 4) is 17.1 Å². The molecule has 0 radical (unpaired) electrons. The van der Waals surface area contributed by atoms with Gasteiger partial charge < -0.3 is 5.73 Å². The molecule has 21 heavy (non-hydrogen) atoms. The average Bonchev–Trinajstić information content (AvgIpc) is 2.95. The zero-order valence-electron chi connectivity index (χ0n) is 11.0. The molecular formula is C15H12ClFN4. The molecule has 2 aromatic carbocycles. The van der Waals surface area contributed by atoms with Crippen LogP contribution in [0.25, 0.3) is 17.1 Å². The van der Waals surface area contributed by atoms with E-state index in [0.717, 1.165) is 5.69 Å². The van der Waals surface area contributed by atoms with Crippen molar-refractivity contribution in [3.63, 3.8) is 0 Å². The number of benzene rings is 2. The van der Waals surface area contributed by atoms with Gasteiger partial charge in [-0.1, -0.05) is 29.8 Å². The Balaban J connectivity index is 2.20. The lowest BCUT2D eigenvalue weighted by atomic mass is 10.2. The highest BCUT2D eigenvalue weighted by Gasteiger charge is 2.15. The van der Waals surface area contributed by atoms with Crippen molar-refractivity contribution in [2.75, 3.05) is 0 Å². The molecule has 0 aliphatic carbocycles. The van der Waals surface area contributed by atoms with Gasteiger partial charge in [0.15, 0.2) is 11.6 Å². The maximum absolute atomic E-state index is 13.7. The van der Waals surface area contributed by atoms with Crippen molar-refractivity contribution >= 4 is 11.6 Å². The molecular weight excluding hydrogens is 291 g/mol. The molecule has 3 aromatic rings. The fourth-order valence-corrected chi connectivity index (χ4v) is 2.24. The third-order valence-electron chi connectivity index (χ3n) is 3.10. The SMILES string of the molecule is NCc1nnc(-c2ccc(Cl)c(F)c2)n1-c1ccccc1. The number of hydrogen-bond donors (Lipinski definition) is 1. The van der Waals surface area contributed by atoms with E-state index in [-0.39, 0.29) is 11.6 Å². The Kier molecular flexibility index (Phi) is 3.68. The summed E-state index contributed by atoms with van der Waals surface area (Å²) in [6.45, 7) is 0.234. The molecule has 0 bridgehead atoms. The van der Waals surface area contributed by atoms with Crippen LogP contribution in [-0.4, -0.2) is 14.8 Å². The van der Waals surface area contributed by atoms with Crippen molar-refractivity contribution in [2.45, 2.75) is 6.54 Å². The molecule has 0 aliphatic heterocycles. The van der Waals surface area contributed by atoms with Gasteiger partial charge in [0.1, 0.15) is 5.82 Å². The summed E-state index contributed by atoms with van der Waals surface area (Å²) in [6, 6.07) is 14.1. The van der Waals surface area contributed by atoms with Gasteiger partial charge in [-0.15, -0.1) is 10.2 Å². The first-order valence-electron chi connectivity index (χ1n) is 6.36. The number of halogens is 2. The molecule has 1 aromatic heterocycles. The summed E-state index contributed by atoms with van der Waals surface area (Å²) in [6.07, 6.45) is 0. The summed E-state index contributed by atoms with van der Waals surface area (Å²) in [5.74, 6) is 0.634. The predicted octanol–water partition coefficient (Wildman–Crippen LogP) is 3.19. The Bertz CT molecular complexity index is 771. The first-order chi connectivity index (χ1) is 10.2. The molecule has 0 atom stereocenters. The van der Waals surface area contributed by atoms with Crippen molar-refractivity contribution in [2.24, 2.45) is 5.73 Å². The van der Waals surface area contributed by atoms with E-state index < -0.39 is 5.82 Å². The number of nitrogens with two attached hydrogens (primary N) is 1. The lowest BCUT2D eigenvalue weighted by molar-refractivity contribution is 0.628. The minimum absolute atomic E-state index is 0.0728. The van der Waals surface area contributed by atoms with Crippen LogP contribution in [0.5, 0.6) is 0 Å². The molecule has 0 saturated heterocycles. The molecule has 2 N–H and O–H groups in total. The van der Waals surface area contributed by atoms with Gasteiger partial charge in [-0.2, -0.15) is 0 Å². The van der Waals surface area contributed by atoms with Crippen molar-refractivity contribution in [1.29, 1.82) is 0 Å². The minimum atomic E-state index is -0.494. The first kappa shape index (κ1) is 13.7. The molecule has 0 spiro atoms. The number of para-hydroxylation sites is 1. The van der Waals surface area contributed by atoms with Crippen molar-refractivity contribution < 1.29 is 4.39 Å². The Labute approximate surface area is 126 Å². The van der Waals surface area contributed by atoms with E-state index in [4.69, 9.17) is 17.3 Å². The third-order valence-corrected chi connectivity index (χ3v) is 3.41. The topological polar surface area (TPSA) is 56.7 Å². The zero-order chi connectivity index (χ0) is 14.8. The van der Waals surface area contributed by atoms with Gasteiger partial charge in [0, 0.05) is 11.3 Å². The van der Waals surface area contributed by atoms with Crippen LogP contribution >= 0.6 is 11.6 Å². The second kappa shape index (κ2) is 5.63. The van der Waals surface area contributed by atoms with Crippen LogP contribution in [0.2, 0.25) is 5.02 Å². The summed E-state index contributed by atoms with van der Waals surface area (Å²) in [5, 5.41) is 8.27. The molecule has 4 nitrogen and oxygen atoms in total.